The fourth-order valence-electron chi connectivity index (χ4n) is 4.65. The number of pyridine rings is 1. The summed E-state index contributed by atoms with van der Waals surface area (Å²) in [6, 6.07) is 4.32. The third kappa shape index (κ3) is 5.75. The van der Waals surface area contributed by atoms with Crippen LogP contribution in [-0.2, 0) is 10.9 Å². The molecular formula is C23H30F3N5O. The zero-order valence-electron chi connectivity index (χ0n) is 18.6. The van der Waals surface area contributed by atoms with Crippen molar-refractivity contribution in [1.82, 2.24) is 19.9 Å². The summed E-state index contributed by atoms with van der Waals surface area (Å²) < 4.78 is 46.3. The van der Waals surface area contributed by atoms with Gasteiger partial charge in [0.05, 0.1) is 12.2 Å². The fraction of sp³-hybridized carbons (Fsp3) is 0.609. The average Bonchev–Trinajstić information content (AvgIpc) is 2.77. The molecule has 0 aromatic carbocycles. The summed E-state index contributed by atoms with van der Waals surface area (Å²) in [5.74, 6) is 0.992. The zero-order valence-corrected chi connectivity index (χ0v) is 18.6. The molecule has 0 radical (unpaired) electrons. The first-order valence-electron chi connectivity index (χ1n) is 11.3. The van der Waals surface area contributed by atoms with Crippen molar-refractivity contribution in [2.24, 2.45) is 5.92 Å². The summed E-state index contributed by atoms with van der Waals surface area (Å²) in [5.41, 5.74) is -0.386. The molecule has 0 amide bonds. The monoisotopic (exact) mass is 449 g/mol. The van der Waals surface area contributed by atoms with Crippen molar-refractivity contribution < 1.29 is 17.9 Å². The summed E-state index contributed by atoms with van der Waals surface area (Å²) in [4.78, 5) is 16.6. The Hall–Kier alpha value is -2.26. The first-order chi connectivity index (χ1) is 15.3. The highest BCUT2D eigenvalue weighted by Gasteiger charge is 2.35. The molecule has 0 bridgehead atoms. The molecule has 6 nitrogen and oxygen atoms in total. The van der Waals surface area contributed by atoms with Crippen LogP contribution >= 0.6 is 0 Å². The number of nitrogens with zero attached hydrogens (tertiary/aromatic N) is 5. The van der Waals surface area contributed by atoms with Gasteiger partial charge in [-0.15, -0.1) is 0 Å². The number of halogens is 3. The largest absolute Gasteiger partial charge is 0.433 e. The van der Waals surface area contributed by atoms with Gasteiger partial charge in [0, 0.05) is 50.2 Å². The van der Waals surface area contributed by atoms with Gasteiger partial charge >= 0.3 is 6.18 Å². The predicted octanol–water partition coefficient (Wildman–Crippen LogP) is 4.27. The van der Waals surface area contributed by atoms with E-state index in [9.17, 15) is 13.2 Å². The number of morpholine rings is 1. The minimum absolute atomic E-state index is 0.0786. The van der Waals surface area contributed by atoms with Gasteiger partial charge in [-0.3, -0.25) is 9.88 Å². The molecule has 0 spiro atoms. The Labute approximate surface area is 186 Å². The lowest BCUT2D eigenvalue weighted by Crippen LogP contribution is -2.46. The predicted molar refractivity (Wildman–Crippen MR) is 116 cm³/mol. The number of anilines is 1. The van der Waals surface area contributed by atoms with E-state index in [1.807, 2.05) is 4.90 Å². The summed E-state index contributed by atoms with van der Waals surface area (Å²) in [7, 11) is 0. The molecule has 0 saturated carbocycles. The fourth-order valence-corrected chi connectivity index (χ4v) is 4.65. The van der Waals surface area contributed by atoms with E-state index in [1.54, 1.807) is 12.1 Å². The van der Waals surface area contributed by atoms with Crippen LogP contribution in [0.5, 0.6) is 0 Å². The number of hydrogen-bond donors (Lipinski definition) is 0. The van der Waals surface area contributed by atoms with E-state index in [-0.39, 0.29) is 18.0 Å². The highest BCUT2D eigenvalue weighted by Crippen LogP contribution is 2.33. The van der Waals surface area contributed by atoms with Gasteiger partial charge in [-0.1, -0.05) is 0 Å². The van der Waals surface area contributed by atoms with Crippen LogP contribution in [0.2, 0.25) is 0 Å². The van der Waals surface area contributed by atoms with Gasteiger partial charge < -0.3 is 9.64 Å². The Morgan fingerprint density at radius 2 is 1.69 bits per heavy atom. The molecule has 2 aliphatic rings. The number of aromatic nitrogens is 3. The molecular weight excluding hydrogens is 419 g/mol. The Morgan fingerprint density at radius 3 is 2.31 bits per heavy atom. The van der Waals surface area contributed by atoms with Crippen LogP contribution in [0.3, 0.4) is 0 Å². The van der Waals surface area contributed by atoms with Crippen LogP contribution in [0.25, 0.3) is 11.4 Å². The van der Waals surface area contributed by atoms with E-state index in [1.165, 1.54) is 12.4 Å². The Morgan fingerprint density at radius 1 is 1.03 bits per heavy atom. The first kappa shape index (κ1) is 22.9. The lowest BCUT2D eigenvalue weighted by molar-refractivity contribution is -0.141. The van der Waals surface area contributed by atoms with Crippen molar-refractivity contribution in [3.8, 4) is 11.4 Å². The molecule has 2 aromatic heterocycles. The number of hydrogen-bond acceptors (Lipinski definition) is 6. The number of rotatable bonds is 5. The van der Waals surface area contributed by atoms with Gasteiger partial charge in [-0.05, 0) is 57.7 Å². The second-order valence-electron chi connectivity index (χ2n) is 8.90. The van der Waals surface area contributed by atoms with Crippen LogP contribution in [0.1, 0.15) is 38.8 Å². The molecule has 2 aliphatic heterocycles. The van der Waals surface area contributed by atoms with Crippen LogP contribution < -0.4 is 4.90 Å². The van der Waals surface area contributed by atoms with Crippen LogP contribution in [0.4, 0.5) is 19.0 Å². The van der Waals surface area contributed by atoms with Gasteiger partial charge in [0.2, 0.25) is 0 Å². The van der Waals surface area contributed by atoms with E-state index in [0.29, 0.717) is 30.4 Å². The van der Waals surface area contributed by atoms with Gasteiger partial charge in [-0.25, -0.2) is 9.97 Å². The SMILES string of the molecule is CC1CN(CCC2CCN(c3cc(C(F)(F)F)nc(-c4ccncc4)n3)CC2)CC(C)O1. The summed E-state index contributed by atoms with van der Waals surface area (Å²) in [5, 5.41) is 0. The summed E-state index contributed by atoms with van der Waals surface area (Å²) in [6.07, 6.45) is 2.06. The molecule has 4 rings (SSSR count). The second-order valence-corrected chi connectivity index (χ2v) is 8.90. The minimum Gasteiger partial charge on any atom is -0.373 e. The molecule has 2 atom stereocenters. The molecule has 2 aromatic rings. The van der Waals surface area contributed by atoms with Gasteiger partial charge in [0.1, 0.15) is 5.82 Å². The lowest BCUT2D eigenvalue weighted by Gasteiger charge is -2.37. The molecule has 174 valence electrons. The van der Waals surface area contributed by atoms with E-state index >= 15 is 0 Å². The van der Waals surface area contributed by atoms with E-state index < -0.39 is 11.9 Å². The van der Waals surface area contributed by atoms with Crippen LogP contribution in [0.15, 0.2) is 30.6 Å². The van der Waals surface area contributed by atoms with Crippen LogP contribution in [0, 0.1) is 5.92 Å². The van der Waals surface area contributed by atoms with Gasteiger partial charge in [-0.2, -0.15) is 13.2 Å². The van der Waals surface area contributed by atoms with Gasteiger partial charge in [0.25, 0.3) is 0 Å². The van der Waals surface area contributed by atoms with Crippen molar-refractivity contribution >= 4 is 5.82 Å². The average molecular weight is 450 g/mol. The Bertz CT molecular complexity index is 877. The standard InChI is InChI=1S/C23H30F3N5O/c1-16-14-30(15-17(2)32-16)10-5-18-6-11-31(12-7-18)21-13-20(23(24,25)26)28-22(29-21)19-3-8-27-9-4-19/h3-4,8-9,13,16-18H,5-7,10-12,14-15H2,1-2H3. The maximum atomic E-state index is 13.5. The second kappa shape index (κ2) is 9.70. The van der Waals surface area contributed by atoms with E-state index in [0.717, 1.165) is 45.0 Å². The van der Waals surface area contributed by atoms with Crippen molar-refractivity contribution in [1.29, 1.82) is 0 Å². The highest BCUT2D eigenvalue weighted by molar-refractivity contribution is 5.57. The smallest absolute Gasteiger partial charge is 0.373 e. The molecule has 4 heterocycles. The minimum atomic E-state index is -4.52. The number of piperidine rings is 1. The van der Waals surface area contributed by atoms with E-state index in [4.69, 9.17) is 4.74 Å². The van der Waals surface area contributed by atoms with Crippen LogP contribution in [-0.4, -0.2) is 64.8 Å². The Balaban J connectivity index is 1.40. The number of ether oxygens (including phenoxy) is 1. The first-order valence-corrected chi connectivity index (χ1v) is 11.3. The molecule has 0 aliphatic carbocycles. The maximum absolute atomic E-state index is 13.5. The van der Waals surface area contributed by atoms with E-state index in [2.05, 4.69) is 33.7 Å². The highest BCUT2D eigenvalue weighted by atomic mass is 19.4. The third-order valence-corrected chi connectivity index (χ3v) is 6.23. The maximum Gasteiger partial charge on any atom is 0.433 e. The quantitative estimate of drug-likeness (QED) is 0.680. The zero-order chi connectivity index (χ0) is 22.7. The normalized spacial score (nSPS) is 23.5. The summed E-state index contributed by atoms with van der Waals surface area (Å²) in [6.45, 7) is 8.58. The van der Waals surface area contributed by atoms with Crippen molar-refractivity contribution in [3.05, 3.63) is 36.3 Å². The molecule has 2 unspecified atom stereocenters. The Kier molecular flexibility index (Phi) is 6.95. The molecule has 9 heteroatoms. The lowest BCUT2D eigenvalue weighted by atomic mass is 9.93. The topological polar surface area (TPSA) is 54.4 Å². The van der Waals surface area contributed by atoms with Crippen molar-refractivity contribution in [2.75, 3.05) is 37.6 Å². The summed E-state index contributed by atoms with van der Waals surface area (Å²) >= 11 is 0. The molecule has 2 fully saturated rings. The van der Waals surface area contributed by atoms with Gasteiger partial charge in [0.15, 0.2) is 11.5 Å². The molecule has 0 N–H and O–H groups in total. The number of alkyl halides is 3. The third-order valence-electron chi connectivity index (χ3n) is 6.23. The van der Waals surface area contributed by atoms with Crippen molar-refractivity contribution in [2.45, 2.75) is 51.5 Å². The molecule has 2 saturated heterocycles. The van der Waals surface area contributed by atoms with Crippen molar-refractivity contribution in [3.63, 3.8) is 0 Å². The molecule has 32 heavy (non-hydrogen) atoms.